The van der Waals surface area contributed by atoms with Crippen LogP contribution in [0.25, 0.3) is 0 Å². The molecule has 0 saturated carbocycles. The van der Waals surface area contributed by atoms with Gasteiger partial charge >= 0.3 is 6.03 Å². The summed E-state index contributed by atoms with van der Waals surface area (Å²) in [4.78, 5) is 26.3. The van der Waals surface area contributed by atoms with Crippen molar-refractivity contribution in [3.63, 3.8) is 0 Å². The number of aliphatic hydroxyl groups is 1. The molecule has 0 unspecified atom stereocenters. The summed E-state index contributed by atoms with van der Waals surface area (Å²) < 4.78 is 0. The highest BCUT2D eigenvalue weighted by Gasteiger charge is 2.58. The second-order valence-electron chi connectivity index (χ2n) is 7.65. The SMILES string of the molecule is CC1(C)CC2(CC(C)(C)N1)NC(=O)N(CCCCO)C2=O. The van der Waals surface area contributed by atoms with Gasteiger partial charge in [0.1, 0.15) is 5.54 Å². The van der Waals surface area contributed by atoms with E-state index in [4.69, 9.17) is 5.11 Å². The first-order valence-corrected chi connectivity index (χ1v) is 7.65. The molecule has 6 heteroatoms. The van der Waals surface area contributed by atoms with E-state index >= 15 is 0 Å². The fraction of sp³-hybridized carbons (Fsp3) is 0.867. The summed E-state index contributed by atoms with van der Waals surface area (Å²) in [6, 6.07) is -0.300. The number of rotatable bonds is 4. The lowest BCUT2D eigenvalue weighted by Gasteiger charge is -2.50. The molecule has 3 amide bonds. The van der Waals surface area contributed by atoms with Crippen molar-refractivity contribution in [1.82, 2.24) is 15.5 Å². The standard InChI is InChI=1S/C15H27N3O3/c1-13(2)9-15(10-14(3,4)17-13)11(20)18(12(21)16-15)7-5-6-8-19/h17,19H,5-10H2,1-4H3,(H,16,21). The van der Waals surface area contributed by atoms with Crippen LogP contribution >= 0.6 is 0 Å². The Balaban J connectivity index is 2.19. The topological polar surface area (TPSA) is 81.7 Å². The van der Waals surface area contributed by atoms with Crippen LogP contribution in [0.2, 0.25) is 0 Å². The molecule has 6 nitrogen and oxygen atoms in total. The summed E-state index contributed by atoms with van der Waals surface area (Å²) in [5, 5.41) is 15.3. The number of unbranched alkanes of at least 4 members (excludes halogenated alkanes) is 1. The Hall–Kier alpha value is -1.14. The lowest BCUT2D eigenvalue weighted by Crippen LogP contribution is -2.68. The van der Waals surface area contributed by atoms with E-state index in [1.165, 1.54) is 4.90 Å². The van der Waals surface area contributed by atoms with Gasteiger partial charge in [0.25, 0.3) is 5.91 Å². The zero-order chi connectivity index (χ0) is 15.9. The van der Waals surface area contributed by atoms with Crippen molar-refractivity contribution in [2.24, 2.45) is 0 Å². The van der Waals surface area contributed by atoms with Crippen LogP contribution in [0, 0.1) is 0 Å². The minimum atomic E-state index is -0.797. The molecule has 0 aliphatic carbocycles. The fourth-order valence-corrected chi connectivity index (χ4v) is 4.08. The molecule has 0 atom stereocenters. The number of piperidine rings is 1. The van der Waals surface area contributed by atoms with E-state index in [2.05, 4.69) is 38.3 Å². The average Bonchev–Trinajstić information content (AvgIpc) is 2.48. The Morgan fingerprint density at radius 3 is 2.19 bits per heavy atom. The van der Waals surface area contributed by atoms with Gasteiger partial charge in [0.15, 0.2) is 0 Å². The van der Waals surface area contributed by atoms with E-state index in [1.807, 2.05) is 0 Å². The Kier molecular flexibility index (Phi) is 4.06. The number of imide groups is 1. The second kappa shape index (κ2) is 5.25. The first-order valence-electron chi connectivity index (χ1n) is 7.65. The van der Waals surface area contributed by atoms with Gasteiger partial charge in [-0.25, -0.2) is 4.79 Å². The van der Waals surface area contributed by atoms with Crippen molar-refractivity contribution in [2.45, 2.75) is 70.0 Å². The maximum absolute atomic E-state index is 12.8. The Morgan fingerprint density at radius 1 is 1.10 bits per heavy atom. The highest BCUT2D eigenvalue weighted by molar-refractivity contribution is 6.07. The van der Waals surface area contributed by atoms with Crippen LogP contribution < -0.4 is 10.6 Å². The van der Waals surface area contributed by atoms with Gasteiger partial charge in [-0.3, -0.25) is 9.69 Å². The van der Waals surface area contributed by atoms with Crippen LogP contribution in [0.1, 0.15) is 53.4 Å². The van der Waals surface area contributed by atoms with Gasteiger partial charge in [-0.2, -0.15) is 0 Å². The normalized spacial score (nSPS) is 26.2. The quantitative estimate of drug-likeness (QED) is 0.534. The van der Waals surface area contributed by atoms with Crippen molar-refractivity contribution >= 4 is 11.9 Å². The van der Waals surface area contributed by atoms with Crippen molar-refractivity contribution in [2.75, 3.05) is 13.2 Å². The largest absolute Gasteiger partial charge is 0.396 e. The van der Waals surface area contributed by atoms with E-state index < -0.39 is 5.54 Å². The Bertz CT molecular complexity index is 429. The van der Waals surface area contributed by atoms with Crippen LogP contribution in [-0.4, -0.2) is 51.7 Å². The lowest BCUT2D eigenvalue weighted by atomic mass is 9.71. The molecule has 2 aliphatic rings. The smallest absolute Gasteiger partial charge is 0.325 e. The van der Waals surface area contributed by atoms with E-state index in [9.17, 15) is 9.59 Å². The molecule has 2 rings (SSSR count). The fourth-order valence-electron chi connectivity index (χ4n) is 4.08. The Labute approximate surface area is 126 Å². The van der Waals surface area contributed by atoms with Gasteiger partial charge in [-0.15, -0.1) is 0 Å². The van der Waals surface area contributed by atoms with Crippen LogP contribution in [0.3, 0.4) is 0 Å². The first-order chi connectivity index (χ1) is 9.61. The number of carbonyl (C=O) groups excluding carboxylic acids is 2. The molecule has 0 radical (unpaired) electrons. The van der Waals surface area contributed by atoms with Crippen LogP contribution in [-0.2, 0) is 4.79 Å². The molecule has 1 spiro atoms. The molecule has 0 aromatic heterocycles. The molecule has 120 valence electrons. The minimum absolute atomic E-state index is 0.0821. The third-order valence-electron chi connectivity index (χ3n) is 4.20. The molecule has 0 bridgehead atoms. The van der Waals surface area contributed by atoms with Crippen LogP contribution in [0.5, 0.6) is 0 Å². The van der Waals surface area contributed by atoms with Crippen LogP contribution in [0.15, 0.2) is 0 Å². The van der Waals surface area contributed by atoms with Crippen molar-refractivity contribution < 1.29 is 14.7 Å². The Morgan fingerprint density at radius 2 is 1.67 bits per heavy atom. The van der Waals surface area contributed by atoms with Crippen molar-refractivity contribution in [1.29, 1.82) is 0 Å². The molecule has 21 heavy (non-hydrogen) atoms. The molecule has 2 heterocycles. The third kappa shape index (κ3) is 3.21. The van der Waals surface area contributed by atoms with Gasteiger partial charge < -0.3 is 15.7 Å². The number of aliphatic hydroxyl groups excluding tert-OH is 1. The zero-order valence-corrected chi connectivity index (χ0v) is 13.5. The predicted octanol–water partition coefficient (Wildman–Crippen LogP) is 0.990. The monoisotopic (exact) mass is 297 g/mol. The summed E-state index contributed by atoms with van der Waals surface area (Å²) in [5.41, 5.74) is -1.23. The highest BCUT2D eigenvalue weighted by Crippen LogP contribution is 2.39. The minimum Gasteiger partial charge on any atom is -0.396 e. The van der Waals surface area contributed by atoms with Crippen molar-refractivity contribution in [3.8, 4) is 0 Å². The van der Waals surface area contributed by atoms with E-state index in [1.54, 1.807) is 0 Å². The second-order valence-corrected chi connectivity index (χ2v) is 7.65. The number of amides is 3. The first kappa shape index (κ1) is 16.2. The van der Waals surface area contributed by atoms with E-state index in [0.29, 0.717) is 32.2 Å². The average molecular weight is 297 g/mol. The predicted molar refractivity (Wildman–Crippen MR) is 79.8 cm³/mol. The molecular weight excluding hydrogens is 270 g/mol. The van der Waals surface area contributed by atoms with Gasteiger partial charge in [0.2, 0.25) is 0 Å². The number of hydrogen-bond donors (Lipinski definition) is 3. The molecule has 2 aliphatic heterocycles. The number of nitrogens with one attached hydrogen (secondary N) is 2. The number of carbonyl (C=O) groups is 2. The summed E-state index contributed by atoms with van der Waals surface area (Å²) in [7, 11) is 0. The molecule has 0 aromatic carbocycles. The van der Waals surface area contributed by atoms with Gasteiger partial charge in [0.05, 0.1) is 0 Å². The molecule has 2 saturated heterocycles. The molecule has 3 N–H and O–H groups in total. The third-order valence-corrected chi connectivity index (χ3v) is 4.20. The van der Waals surface area contributed by atoms with E-state index in [-0.39, 0.29) is 29.6 Å². The van der Waals surface area contributed by atoms with Gasteiger partial charge in [-0.1, -0.05) is 0 Å². The molecule has 0 aromatic rings. The van der Waals surface area contributed by atoms with E-state index in [0.717, 1.165) is 0 Å². The number of urea groups is 1. The van der Waals surface area contributed by atoms with Crippen molar-refractivity contribution in [3.05, 3.63) is 0 Å². The maximum atomic E-state index is 12.8. The maximum Gasteiger partial charge on any atom is 0.325 e. The molecular formula is C15H27N3O3. The van der Waals surface area contributed by atoms with Crippen LogP contribution in [0.4, 0.5) is 4.79 Å². The summed E-state index contributed by atoms with van der Waals surface area (Å²) in [6.45, 7) is 8.69. The highest BCUT2D eigenvalue weighted by atomic mass is 16.3. The summed E-state index contributed by atoms with van der Waals surface area (Å²) in [6.07, 6.45) is 2.41. The summed E-state index contributed by atoms with van der Waals surface area (Å²) in [5.74, 6) is -0.118. The van der Waals surface area contributed by atoms with Gasteiger partial charge in [0, 0.05) is 24.2 Å². The summed E-state index contributed by atoms with van der Waals surface area (Å²) >= 11 is 0. The number of hydrogen-bond acceptors (Lipinski definition) is 4. The van der Waals surface area contributed by atoms with Gasteiger partial charge in [-0.05, 0) is 53.4 Å². The lowest BCUT2D eigenvalue weighted by molar-refractivity contribution is -0.134. The zero-order valence-electron chi connectivity index (χ0n) is 13.5. The number of nitrogens with zero attached hydrogens (tertiary/aromatic N) is 1. The molecule has 2 fully saturated rings.